The summed E-state index contributed by atoms with van der Waals surface area (Å²) in [5, 5.41) is 0. The van der Waals surface area contributed by atoms with Gasteiger partial charge in [-0.2, -0.15) is 0 Å². The lowest BCUT2D eigenvalue weighted by molar-refractivity contribution is 0.101. The van der Waals surface area contributed by atoms with Gasteiger partial charge in [0.15, 0.2) is 15.6 Å². The number of rotatable bonds is 3. The lowest BCUT2D eigenvalue weighted by Crippen LogP contribution is -2.31. The number of hydrogen-bond donors (Lipinski definition) is 0. The van der Waals surface area contributed by atoms with Crippen molar-refractivity contribution in [3.05, 3.63) is 58.9 Å². The van der Waals surface area contributed by atoms with E-state index in [0.29, 0.717) is 30.8 Å². The van der Waals surface area contributed by atoms with Crippen molar-refractivity contribution in [2.45, 2.75) is 24.8 Å². The molecule has 24 heavy (non-hydrogen) atoms. The molecule has 0 atom stereocenters. The summed E-state index contributed by atoms with van der Waals surface area (Å²) in [4.78, 5) is 13.7. The highest BCUT2D eigenvalue weighted by atomic mass is 32.2. The zero-order chi connectivity index (χ0) is 17.5. The maximum atomic E-state index is 13.5. The molecule has 1 aliphatic heterocycles. The highest BCUT2D eigenvalue weighted by Gasteiger charge is 2.23. The van der Waals surface area contributed by atoms with Gasteiger partial charge in [-0.15, -0.1) is 0 Å². The van der Waals surface area contributed by atoms with Crippen LogP contribution in [-0.4, -0.2) is 27.0 Å². The molecule has 0 saturated carbocycles. The van der Waals surface area contributed by atoms with Crippen LogP contribution in [0.15, 0.2) is 41.3 Å². The molecule has 0 aromatic heterocycles. The van der Waals surface area contributed by atoms with Gasteiger partial charge in [0.1, 0.15) is 5.82 Å². The molecule has 1 heterocycles. The SMILES string of the molecule is CC(=O)c1ccc(S(C)(=O)=O)c(N2CCc3ccc(F)cc3C2)c1. The third-order valence-electron chi connectivity index (χ3n) is 4.29. The Labute approximate surface area is 140 Å². The second kappa shape index (κ2) is 6.02. The molecule has 0 unspecified atom stereocenters. The number of hydrogen-bond acceptors (Lipinski definition) is 4. The quantitative estimate of drug-likeness (QED) is 0.801. The van der Waals surface area contributed by atoms with Crippen LogP contribution in [0.3, 0.4) is 0 Å². The van der Waals surface area contributed by atoms with Crippen LogP contribution < -0.4 is 4.90 Å². The Morgan fingerprint density at radius 1 is 1.12 bits per heavy atom. The lowest BCUT2D eigenvalue weighted by Gasteiger charge is -2.32. The van der Waals surface area contributed by atoms with E-state index in [4.69, 9.17) is 0 Å². The topological polar surface area (TPSA) is 54.5 Å². The molecule has 3 rings (SSSR count). The van der Waals surface area contributed by atoms with E-state index in [0.717, 1.165) is 17.4 Å². The van der Waals surface area contributed by atoms with Crippen molar-refractivity contribution in [2.75, 3.05) is 17.7 Å². The predicted octanol–water partition coefficient (Wildman–Crippen LogP) is 2.99. The summed E-state index contributed by atoms with van der Waals surface area (Å²) in [6.45, 7) is 2.47. The van der Waals surface area contributed by atoms with Crippen molar-refractivity contribution >= 4 is 21.3 Å². The number of Topliss-reactive ketones (excluding diaryl/α,β-unsaturated/α-hetero) is 1. The summed E-state index contributed by atoms with van der Waals surface area (Å²) >= 11 is 0. The number of sulfone groups is 1. The van der Waals surface area contributed by atoms with Gasteiger partial charge in [0.2, 0.25) is 0 Å². The molecular weight excluding hydrogens is 329 g/mol. The van der Waals surface area contributed by atoms with E-state index < -0.39 is 9.84 Å². The van der Waals surface area contributed by atoms with E-state index in [1.165, 1.54) is 31.2 Å². The average Bonchev–Trinajstić information content (AvgIpc) is 2.52. The summed E-state index contributed by atoms with van der Waals surface area (Å²) < 4.78 is 37.7. The smallest absolute Gasteiger partial charge is 0.177 e. The fourth-order valence-electron chi connectivity index (χ4n) is 3.03. The zero-order valence-electron chi connectivity index (χ0n) is 13.5. The molecule has 0 N–H and O–H groups in total. The molecular formula is C18H18FNO3S. The number of benzene rings is 2. The molecule has 0 bridgehead atoms. The minimum absolute atomic E-state index is 0.125. The molecule has 2 aromatic rings. The largest absolute Gasteiger partial charge is 0.366 e. The van der Waals surface area contributed by atoms with Gasteiger partial charge in [0.25, 0.3) is 0 Å². The van der Waals surface area contributed by atoms with Crippen molar-refractivity contribution in [1.29, 1.82) is 0 Å². The van der Waals surface area contributed by atoms with Gasteiger partial charge in [0.05, 0.1) is 10.6 Å². The Kier molecular flexibility index (Phi) is 4.17. The number of anilines is 1. The average molecular weight is 347 g/mol. The summed E-state index contributed by atoms with van der Waals surface area (Å²) in [6.07, 6.45) is 1.85. The van der Waals surface area contributed by atoms with Gasteiger partial charge in [-0.05, 0) is 54.8 Å². The van der Waals surface area contributed by atoms with Gasteiger partial charge >= 0.3 is 0 Å². The van der Waals surface area contributed by atoms with E-state index in [9.17, 15) is 17.6 Å². The minimum atomic E-state index is -3.44. The zero-order valence-corrected chi connectivity index (χ0v) is 14.4. The number of carbonyl (C=O) groups excluding carboxylic acids is 1. The van der Waals surface area contributed by atoms with Crippen LogP contribution in [0.5, 0.6) is 0 Å². The minimum Gasteiger partial charge on any atom is -0.366 e. The summed E-state index contributed by atoms with van der Waals surface area (Å²) in [5.74, 6) is -0.434. The van der Waals surface area contributed by atoms with Gasteiger partial charge < -0.3 is 4.90 Å². The standard InChI is InChI=1S/C18H18FNO3S/c1-12(21)14-4-6-18(24(2,22)23)17(10-14)20-8-7-13-3-5-16(19)9-15(13)11-20/h3-6,9-10H,7-8,11H2,1-2H3. The molecule has 126 valence electrons. The van der Waals surface area contributed by atoms with E-state index in [1.807, 2.05) is 4.90 Å². The fourth-order valence-corrected chi connectivity index (χ4v) is 3.91. The first-order valence-corrected chi connectivity index (χ1v) is 9.52. The second-order valence-electron chi connectivity index (χ2n) is 6.10. The molecule has 0 aliphatic carbocycles. The Bertz CT molecular complexity index is 922. The molecule has 0 radical (unpaired) electrons. The molecule has 0 spiro atoms. The highest BCUT2D eigenvalue weighted by Crippen LogP contribution is 2.31. The third kappa shape index (κ3) is 3.19. The van der Waals surface area contributed by atoms with Gasteiger partial charge in [0, 0.05) is 24.9 Å². The monoisotopic (exact) mass is 347 g/mol. The molecule has 0 amide bonds. The van der Waals surface area contributed by atoms with Gasteiger partial charge in [-0.3, -0.25) is 4.79 Å². The molecule has 0 saturated heterocycles. The number of ketones is 1. The fraction of sp³-hybridized carbons (Fsp3) is 0.278. The maximum Gasteiger partial charge on any atom is 0.177 e. The summed E-state index contributed by atoms with van der Waals surface area (Å²) in [5.41, 5.74) is 2.87. The number of fused-ring (bicyclic) bond motifs is 1. The molecule has 6 heteroatoms. The molecule has 4 nitrogen and oxygen atoms in total. The van der Waals surface area contributed by atoms with Crippen molar-refractivity contribution in [2.24, 2.45) is 0 Å². The summed E-state index contributed by atoms with van der Waals surface area (Å²) in [6, 6.07) is 9.31. The number of carbonyl (C=O) groups is 1. The highest BCUT2D eigenvalue weighted by molar-refractivity contribution is 7.90. The molecule has 2 aromatic carbocycles. The first-order chi connectivity index (χ1) is 11.3. The Morgan fingerprint density at radius 2 is 1.88 bits per heavy atom. The van der Waals surface area contributed by atoms with Crippen LogP contribution in [0.1, 0.15) is 28.4 Å². The van der Waals surface area contributed by atoms with Crippen LogP contribution in [0.4, 0.5) is 10.1 Å². The van der Waals surface area contributed by atoms with Crippen LogP contribution in [0.2, 0.25) is 0 Å². The molecule has 1 aliphatic rings. The number of nitrogens with zero attached hydrogens (tertiary/aromatic N) is 1. The van der Waals surface area contributed by atoms with E-state index >= 15 is 0 Å². The third-order valence-corrected chi connectivity index (χ3v) is 5.43. The number of halogens is 1. The predicted molar refractivity (Wildman–Crippen MR) is 90.7 cm³/mol. The first-order valence-electron chi connectivity index (χ1n) is 7.63. The Balaban J connectivity index is 2.08. The first kappa shape index (κ1) is 16.6. The van der Waals surface area contributed by atoms with E-state index in [-0.39, 0.29) is 16.5 Å². The van der Waals surface area contributed by atoms with Crippen molar-refractivity contribution in [3.8, 4) is 0 Å². The Morgan fingerprint density at radius 3 is 2.54 bits per heavy atom. The summed E-state index contributed by atoms with van der Waals surface area (Å²) in [7, 11) is -3.44. The lowest BCUT2D eigenvalue weighted by atomic mass is 9.99. The van der Waals surface area contributed by atoms with Gasteiger partial charge in [-0.25, -0.2) is 12.8 Å². The van der Waals surface area contributed by atoms with Crippen LogP contribution >= 0.6 is 0 Å². The van der Waals surface area contributed by atoms with Crippen LogP contribution in [-0.2, 0) is 22.8 Å². The van der Waals surface area contributed by atoms with Crippen LogP contribution in [0.25, 0.3) is 0 Å². The second-order valence-corrected chi connectivity index (χ2v) is 8.08. The van der Waals surface area contributed by atoms with Crippen molar-refractivity contribution < 1.29 is 17.6 Å². The van der Waals surface area contributed by atoms with E-state index in [2.05, 4.69) is 0 Å². The normalized spacial score (nSPS) is 14.4. The Hall–Kier alpha value is -2.21. The van der Waals surface area contributed by atoms with Gasteiger partial charge in [-0.1, -0.05) is 6.07 Å². The van der Waals surface area contributed by atoms with E-state index in [1.54, 1.807) is 12.1 Å². The van der Waals surface area contributed by atoms with Crippen molar-refractivity contribution in [3.63, 3.8) is 0 Å². The molecule has 0 fully saturated rings. The maximum absolute atomic E-state index is 13.5. The van der Waals surface area contributed by atoms with Crippen LogP contribution in [0, 0.1) is 5.82 Å². The van der Waals surface area contributed by atoms with Crippen molar-refractivity contribution in [1.82, 2.24) is 0 Å².